The molecule has 0 unspecified atom stereocenters. The van der Waals surface area contributed by atoms with Crippen LogP contribution in [0, 0.1) is 0 Å². The fraction of sp³-hybridized carbons (Fsp3) is 1.00. The van der Waals surface area contributed by atoms with Crippen LogP contribution in [0.15, 0.2) is 0 Å². The zero-order chi connectivity index (χ0) is 27.7. The molecule has 0 atom stereocenters. The van der Waals surface area contributed by atoms with Crippen LogP contribution in [0.1, 0.15) is 194 Å². The zero-order valence-corrected chi connectivity index (χ0v) is 28.2. The van der Waals surface area contributed by atoms with Gasteiger partial charge >= 0.3 is 0 Å². The lowest BCUT2D eigenvalue weighted by Crippen LogP contribution is -3.00. The molecule has 0 aliphatic carbocycles. The van der Waals surface area contributed by atoms with E-state index >= 15 is 0 Å². The fourth-order valence-electron chi connectivity index (χ4n) is 5.09. The molecule has 3 heteroatoms. The van der Waals surface area contributed by atoms with Crippen LogP contribution in [0.3, 0.4) is 0 Å². The van der Waals surface area contributed by atoms with Crippen molar-refractivity contribution in [2.45, 2.75) is 194 Å². The molecule has 0 radical (unpaired) electrons. The van der Waals surface area contributed by atoms with Gasteiger partial charge in [-0.3, -0.25) is 0 Å². The molecule has 0 aromatic heterocycles. The molecule has 0 rings (SSSR count). The van der Waals surface area contributed by atoms with Crippen molar-refractivity contribution in [3.8, 4) is 0 Å². The molecule has 0 aromatic rings. The van der Waals surface area contributed by atoms with Gasteiger partial charge in [-0.25, -0.2) is 0 Å². The highest BCUT2D eigenvalue weighted by molar-refractivity contribution is 4.50. The van der Waals surface area contributed by atoms with E-state index in [9.17, 15) is 0 Å². The third-order valence-electron chi connectivity index (χ3n) is 7.69. The molecule has 0 amide bonds. The Morgan fingerprint density at radius 2 is 0.553 bits per heavy atom. The largest absolute Gasteiger partial charge is 1.00 e. The first kappa shape index (κ1) is 42.7. The minimum atomic E-state index is 0. The Morgan fingerprint density at radius 1 is 0.342 bits per heavy atom. The van der Waals surface area contributed by atoms with Crippen molar-refractivity contribution in [3.63, 3.8) is 0 Å². The van der Waals surface area contributed by atoms with Gasteiger partial charge in [0.2, 0.25) is 0 Å². The normalized spacial score (nSPS) is 11.2. The third-order valence-corrected chi connectivity index (χ3v) is 7.69. The summed E-state index contributed by atoms with van der Waals surface area (Å²) in [6, 6.07) is 0. The van der Waals surface area contributed by atoms with Gasteiger partial charge in [-0.15, -0.1) is 0 Å². The summed E-state index contributed by atoms with van der Waals surface area (Å²) in [4.78, 5) is 0. The second kappa shape index (κ2) is 37.2. The number of hydrogen-bond acceptors (Lipinski definition) is 1. The first-order chi connectivity index (χ1) is 18.0. The highest BCUT2D eigenvalue weighted by Gasteiger charge is 2.05. The molecule has 0 fully saturated rings. The van der Waals surface area contributed by atoms with Crippen LogP contribution in [0.4, 0.5) is 0 Å². The lowest BCUT2D eigenvalue weighted by atomic mass is 10.0. The van der Waals surface area contributed by atoms with E-state index in [-0.39, 0.29) is 12.4 Å². The highest BCUT2D eigenvalue weighted by Crippen LogP contribution is 2.14. The summed E-state index contributed by atoms with van der Waals surface area (Å²) >= 11 is 0. The Bertz CT molecular complexity index is 369. The van der Waals surface area contributed by atoms with Crippen LogP contribution in [-0.2, 0) is 0 Å². The maximum atomic E-state index is 8.64. The zero-order valence-electron chi connectivity index (χ0n) is 27.5. The first-order valence-electron chi connectivity index (χ1n) is 17.4. The van der Waals surface area contributed by atoms with Gasteiger partial charge in [0.05, 0.1) is 27.7 Å². The van der Waals surface area contributed by atoms with E-state index in [1.807, 2.05) is 0 Å². The molecule has 0 saturated carbocycles. The molecule has 0 aromatic carbocycles. The third kappa shape index (κ3) is 46.1. The van der Waals surface area contributed by atoms with Gasteiger partial charge in [0.1, 0.15) is 0 Å². The molecule has 38 heavy (non-hydrogen) atoms. The first-order valence-corrected chi connectivity index (χ1v) is 17.4. The topological polar surface area (TPSA) is 20.2 Å². The van der Waals surface area contributed by atoms with E-state index in [2.05, 4.69) is 35.0 Å². The Kier molecular flexibility index (Phi) is 41.8. The number of rotatable bonds is 29. The van der Waals surface area contributed by atoms with Crippen molar-refractivity contribution in [1.82, 2.24) is 0 Å². The number of halogens is 1. The van der Waals surface area contributed by atoms with Crippen LogP contribution >= 0.6 is 0 Å². The van der Waals surface area contributed by atoms with Gasteiger partial charge < -0.3 is 22.0 Å². The summed E-state index contributed by atoms with van der Waals surface area (Å²) in [5, 5.41) is 8.64. The molecule has 0 aliphatic rings. The molecule has 0 spiro atoms. The lowest BCUT2D eigenvalue weighted by molar-refractivity contribution is -0.870. The molecule has 0 bridgehead atoms. The van der Waals surface area contributed by atoms with Gasteiger partial charge in [0.15, 0.2) is 0 Å². The maximum Gasteiger partial charge on any atom is 0.0780 e. The Labute approximate surface area is 249 Å². The summed E-state index contributed by atoms with van der Waals surface area (Å²) in [6.07, 6.45) is 39.6. The Morgan fingerprint density at radius 3 is 0.763 bits per heavy atom. The molecule has 234 valence electrons. The smallest absolute Gasteiger partial charge is 0.0780 e. The fourth-order valence-corrected chi connectivity index (χ4v) is 5.09. The quantitative estimate of drug-likeness (QED) is 0.0715. The van der Waals surface area contributed by atoms with Crippen LogP contribution in [0.5, 0.6) is 0 Å². The summed E-state index contributed by atoms with van der Waals surface area (Å²) < 4.78 is 1.12. The van der Waals surface area contributed by atoms with Crippen LogP contribution < -0.4 is 12.4 Å². The maximum absolute atomic E-state index is 8.64. The minimum absolute atomic E-state index is 0. The number of quaternary nitrogens is 1. The van der Waals surface area contributed by atoms with E-state index in [0.717, 1.165) is 10.9 Å². The predicted octanol–water partition coefficient (Wildman–Crippen LogP) is 8.64. The monoisotopic (exact) mass is 562 g/mol. The van der Waals surface area contributed by atoms with Gasteiger partial charge in [0.25, 0.3) is 0 Å². The van der Waals surface area contributed by atoms with E-state index in [0.29, 0.717) is 6.61 Å². The van der Waals surface area contributed by atoms with Crippen molar-refractivity contribution in [2.75, 3.05) is 34.3 Å². The van der Waals surface area contributed by atoms with Crippen molar-refractivity contribution in [2.24, 2.45) is 0 Å². The highest BCUT2D eigenvalue weighted by atomic mass is 35.5. The summed E-state index contributed by atoms with van der Waals surface area (Å²) in [5.74, 6) is 0. The minimum Gasteiger partial charge on any atom is -1.00 e. The van der Waals surface area contributed by atoms with E-state index < -0.39 is 0 Å². The van der Waals surface area contributed by atoms with Gasteiger partial charge in [-0.1, -0.05) is 174 Å². The van der Waals surface area contributed by atoms with Crippen LogP contribution in [0.2, 0.25) is 0 Å². The van der Waals surface area contributed by atoms with Crippen LogP contribution in [-0.4, -0.2) is 43.9 Å². The Hall–Kier alpha value is 0.210. The molecule has 1 N–H and O–H groups in total. The molecule has 0 heterocycles. The Balaban J connectivity index is -0.000000636. The van der Waals surface area contributed by atoms with Crippen LogP contribution in [0.25, 0.3) is 0 Å². The summed E-state index contributed by atoms with van der Waals surface area (Å²) in [7, 11) is 6.88. The molecule has 2 nitrogen and oxygen atoms in total. The number of unbranched alkanes of at least 4 members (excludes halogenated alkanes) is 26. The van der Waals surface area contributed by atoms with Gasteiger partial charge in [-0.05, 0) is 19.3 Å². The molecule has 0 saturated heterocycles. The average Bonchev–Trinajstić information content (AvgIpc) is 2.87. The summed E-state index contributed by atoms with van der Waals surface area (Å²) in [5.41, 5.74) is 0. The second-order valence-corrected chi connectivity index (χ2v) is 12.9. The number of hydrogen-bond donors (Lipinski definition) is 1. The molecular formula is C35H76ClNO. The molecular weight excluding hydrogens is 486 g/mol. The van der Waals surface area contributed by atoms with Gasteiger partial charge in [0, 0.05) is 6.61 Å². The summed E-state index contributed by atoms with van der Waals surface area (Å²) in [6.45, 7) is 6.28. The van der Waals surface area contributed by atoms with Crippen molar-refractivity contribution in [3.05, 3.63) is 0 Å². The van der Waals surface area contributed by atoms with E-state index in [1.54, 1.807) is 0 Å². The molecule has 0 aliphatic heterocycles. The number of aliphatic hydroxyl groups excluding tert-OH is 1. The predicted molar refractivity (Wildman–Crippen MR) is 171 cm³/mol. The van der Waals surface area contributed by atoms with Crippen molar-refractivity contribution >= 4 is 0 Å². The number of aliphatic hydroxyl groups is 1. The van der Waals surface area contributed by atoms with E-state index in [1.165, 1.54) is 180 Å². The second-order valence-electron chi connectivity index (χ2n) is 12.9. The van der Waals surface area contributed by atoms with Crippen molar-refractivity contribution in [1.29, 1.82) is 0 Å². The lowest BCUT2D eigenvalue weighted by Gasteiger charge is -2.23. The van der Waals surface area contributed by atoms with Gasteiger partial charge in [-0.2, -0.15) is 0 Å². The number of nitrogens with zero attached hydrogens (tertiary/aromatic N) is 1. The standard InChI is InChI=1S/C19H42N.C16H34O.ClH/c1-5-6-7-8-9-10-11-12-13-14-15-16-17-18-19-20(2,3)4;1-2-3-4-5-6-7-8-9-10-11-12-13-14-15-16-17;/h5-19H2,1-4H3;17H,2-16H2,1H3;1H/q+1;;/p-1. The van der Waals surface area contributed by atoms with E-state index in [4.69, 9.17) is 5.11 Å². The average molecular weight is 562 g/mol. The SMILES string of the molecule is CCCCCCCCCCCCCCCCO.CCCCCCCCCCCCCCCC[N+](C)(C)C.[Cl-]. The van der Waals surface area contributed by atoms with Crippen molar-refractivity contribution < 1.29 is 22.0 Å².